The lowest BCUT2D eigenvalue weighted by Gasteiger charge is -2.41. The molecule has 10 nitrogen and oxygen atoms in total. The van der Waals surface area contributed by atoms with Gasteiger partial charge in [0.2, 0.25) is 5.95 Å². The fraction of sp³-hybridized carbons (Fsp3) is 0.409. The van der Waals surface area contributed by atoms with E-state index in [0.29, 0.717) is 54.9 Å². The lowest BCUT2D eigenvalue weighted by atomic mass is 9.93. The molecular formula is C22H23F3N8O2. The molecular weight excluding hydrogens is 465 g/mol. The van der Waals surface area contributed by atoms with E-state index in [0.717, 1.165) is 11.6 Å². The first-order chi connectivity index (χ1) is 16.7. The molecule has 13 heteroatoms. The number of anilines is 3. The van der Waals surface area contributed by atoms with Crippen LogP contribution in [0.15, 0.2) is 30.7 Å². The van der Waals surface area contributed by atoms with Gasteiger partial charge in [0, 0.05) is 44.6 Å². The van der Waals surface area contributed by atoms with Gasteiger partial charge in [0.1, 0.15) is 16.9 Å². The van der Waals surface area contributed by atoms with E-state index in [1.165, 1.54) is 12.3 Å². The summed E-state index contributed by atoms with van der Waals surface area (Å²) in [6.45, 7) is 3.28. The lowest BCUT2D eigenvalue weighted by molar-refractivity contribution is -0.141. The first-order valence-electron chi connectivity index (χ1n) is 10.9. The summed E-state index contributed by atoms with van der Waals surface area (Å²) in [4.78, 5) is 27.2. The zero-order chi connectivity index (χ0) is 24.8. The summed E-state index contributed by atoms with van der Waals surface area (Å²) in [6, 6.07) is 2.34. The molecule has 2 N–H and O–H groups in total. The van der Waals surface area contributed by atoms with Crippen LogP contribution in [0.2, 0.25) is 0 Å². The molecule has 184 valence electrons. The van der Waals surface area contributed by atoms with Crippen molar-refractivity contribution in [2.24, 2.45) is 0 Å². The quantitative estimate of drug-likeness (QED) is 0.564. The highest BCUT2D eigenvalue weighted by molar-refractivity contribution is 6.06. The Balaban J connectivity index is 1.27. The molecule has 35 heavy (non-hydrogen) atoms. The Hall–Kier alpha value is -3.74. The van der Waals surface area contributed by atoms with Gasteiger partial charge in [0.15, 0.2) is 5.82 Å². The standard InChI is InChI=1S/C22H23F3N8O2/c1-13-17-18(32(2)21(19(34)30-17)5-6-35-12-21)31-20(29-13)27-8-15-9-28-33(11-15)10-14-3-4-16(26-7-14)22(23,24)25/h3-4,7,9,11H,5-6,8,10,12H2,1-2H3,(H,30,34)(H,27,29,31)/t21-/m0/s1. The number of nitrogens with one attached hydrogen (secondary N) is 2. The van der Waals surface area contributed by atoms with Gasteiger partial charge < -0.3 is 20.3 Å². The van der Waals surface area contributed by atoms with Crippen molar-refractivity contribution in [1.82, 2.24) is 24.7 Å². The zero-order valence-corrected chi connectivity index (χ0v) is 19.1. The third-order valence-corrected chi connectivity index (χ3v) is 6.29. The number of rotatable bonds is 5. The third-order valence-electron chi connectivity index (χ3n) is 6.29. The largest absolute Gasteiger partial charge is 0.433 e. The molecule has 1 spiro atoms. The van der Waals surface area contributed by atoms with E-state index < -0.39 is 17.4 Å². The van der Waals surface area contributed by atoms with Gasteiger partial charge >= 0.3 is 6.18 Å². The summed E-state index contributed by atoms with van der Waals surface area (Å²) in [5, 5.41) is 10.4. The Kier molecular flexibility index (Phi) is 5.58. The summed E-state index contributed by atoms with van der Waals surface area (Å²) in [6.07, 6.45) is 0.754. The Labute approximate surface area is 198 Å². The number of hydrogen-bond donors (Lipinski definition) is 2. The van der Waals surface area contributed by atoms with Gasteiger partial charge in [0.25, 0.3) is 5.91 Å². The van der Waals surface area contributed by atoms with Crippen LogP contribution in [0.1, 0.15) is 28.9 Å². The normalized spacial score (nSPS) is 19.7. The Bertz CT molecular complexity index is 1250. The van der Waals surface area contributed by atoms with Crippen LogP contribution in [0.3, 0.4) is 0 Å². The van der Waals surface area contributed by atoms with Crippen molar-refractivity contribution in [3.05, 3.63) is 53.2 Å². The fourth-order valence-corrected chi connectivity index (χ4v) is 4.25. The number of ether oxygens (including phenoxy) is 1. The number of halogens is 3. The van der Waals surface area contributed by atoms with E-state index >= 15 is 0 Å². The summed E-state index contributed by atoms with van der Waals surface area (Å²) in [5.74, 6) is 0.904. The average Bonchev–Trinajstić information content (AvgIpc) is 3.48. The van der Waals surface area contributed by atoms with E-state index in [1.54, 1.807) is 24.0 Å². The molecule has 2 aliphatic rings. The van der Waals surface area contributed by atoms with Crippen molar-refractivity contribution in [2.45, 2.75) is 38.1 Å². The van der Waals surface area contributed by atoms with Gasteiger partial charge in [-0.2, -0.15) is 23.3 Å². The Morgan fingerprint density at radius 1 is 1.23 bits per heavy atom. The summed E-state index contributed by atoms with van der Waals surface area (Å²) in [5.41, 5.74) is 0.952. The molecule has 0 bridgehead atoms. The van der Waals surface area contributed by atoms with Crippen LogP contribution >= 0.6 is 0 Å². The number of fused-ring (bicyclic) bond motifs is 1. The van der Waals surface area contributed by atoms with Crippen LogP contribution in [0.25, 0.3) is 0 Å². The van der Waals surface area contributed by atoms with Crippen molar-refractivity contribution in [2.75, 3.05) is 35.8 Å². The third kappa shape index (κ3) is 4.27. The number of nitrogens with zero attached hydrogens (tertiary/aromatic N) is 6. The average molecular weight is 488 g/mol. The van der Waals surface area contributed by atoms with E-state index in [1.807, 2.05) is 11.9 Å². The molecule has 3 aromatic heterocycles. The van der Waals surface area contributed by atoms with Gasteiger partial charge in [-0.25, -0.2) is 4.98 Å². The second-order valence-electron chi connectivity index (χ2n) is 8.63. The minimum atomic E-state index is -4.47. The van der Waals surface area contributed by atoms with Crippen LogP contribution in [-0.4, -0.2) is 56.4 Å². The highest BCUT2D eigenvalue weighted by Gasteiger charge is 2.50. The first kappa shape index (κ1) is 23.0. The Morgan fingerprint density at radius 2 is 2.06 bits per heavy atom. The maximum absolute atomic E-state index is 12.8. The van der Waals surface area contributed by atoms with Crippen LogP contribution in [0.5, 0.6) is 0 Å². The predicted octanol–water partition coefficient (Wildman–Crippen LogP) is 2.60. The molecule has 1 saturated heterocycles. The molecule has 5 rings (SSSR count). The fourth-order valence-electron chi connectivity index (χ4n) is 4.25. The molecule has 0 aliphatic carbocycles. The molecule has 1 fully saturated rings. The number of likely N-dealkylation sites (N-methyl/N-ethyl adjacent to an activating group) is 1. The molecule has 1 amide bonds. The molecule has 0 unspecified atom stereocenters. The first-order valence-corrected chi connectivity index (χ1v) is 10.9. The van der Waals surface area contributed by atoms with Crippen molar-refractivity contribution in [1.29, 1.82) is 0 Å². The van der Waals surface area contributed by atoms with Crippen LogP contribution in [0, 0.1) is 6.92 Å². The van der Waals surface area contributed by atoms with E-state index in [9.17, 15) is 18.0 Å². The molecule has 1 atom stereocenters. The SMILES string of the molecule is Cc1nc(NCc2cnn(Cc3ccc(C(F)(F)F)nc3)c2)nc2c1NC(=O)[C@@]1(CCOC1)N2C. The Morgan fingerprint density at radius 3 is 2.74 bits per heavy atom. The van der Waals surface area contributed by atoms with Crippen molar-refractivity contribution >= 4 is 23.4 Å². The molecule has 0 saturated carbocycles. The number of pyridine rings is 1. The number of aryl methyl sites for hydroxylation is 1. The van der Waals surface area contributed by atoms with Crippen molar-refractivity contribution in [3.63, 3.8) is 0 Å². The van der Waals surface area contributed by atoms with Crippen LogP contribution < -0.4 is 15.5 Å². The second-order valence-corrected chi connectivity index (χ2v) is 8.63. The molecule has 0 aromatic carbocycles. The summed E-state index contributed by atoms with van der Waals surface area (Å²) in [7, 11) is 1.84. The number of carbonyl (C=O) groups excluding carboxylic acids is 1. The van der Waals surface area contributed by atoms with Crippen LogP contribution in [-0.2, 0) is 28.8 Å². The van der Waals surface area contributed by atoms with Gasteiger partial charge in [0.05, 0.1) is 25.0 Å². The highest BCUT2D eigenvalue weighted by Crippen LogP contribution is 2.40. The number of hydrogen-bond acceptors (Lipinski definition) is 8. The number of alkyl halides is 3. The molecule has 0 radical (unpaired) electrons. The smallest absolute Gasteiger partial charge is 0.378 e. The second kappa shape index (κ2) is 8.48. The van der Waals surface area contributed by atoms with E-state index in [4.69, 9.17) is 4.74 Å². The van der Waals surface area contributed by atoms with Crippen molar-refractivity contribution < 1.29 is 22.7 Å². The van der Waals surface area contributed by atoms with Gasteiger partial charge in [-0.15, -0.1) is 0 Å². The zero-order valence-electron chi connectivity index (χ0n) is 19.1. The summed E-state index contributed by atoms with van der Waals surface area (Å²) >= 11 is 0. The molecule has 2 aliphatic heterocycles. The molecule has 5 heterocycles. The van der Waals surface area contributed by atoms with Gasteiger partial charge in [-0.05, 0) is 18.6 Å². The van der Waals surface area contributed by atoms with Gasteiger partial charge in [-0.3, -0.25) is 14.5 Å². The predicted molar refractivity (Wildman–Crippen MR) is 120 cm³/mol. The van der Waals surface area contributed by atoms with E-state index in [-0.39, 0.29) is 12.5 Å². The topological polar surface area (TPSA) is 110 Å². The number of carbonyl (C=O) groups is 1. The van der Waals surface area contributed by atoms with Crippen LogP contribution in [0.4, 0.5) is 30.6 Å². The minimum Gasteiger partial charge on any atom is -0.378 e. The number of amides is 1. The van der Waals surface area contributed by atoms with E-state index in [2.05, 4.69) is 30.7 Å². The monoisotopic (exact) mass is 488 g/mol. The highest BCUT2D eigenvalue weighted by atomic mass is 19.4. The summed E-state index contributed by atoms with van der Waals surface area (Å²) < 4.78 is 45.2. The number of aromatic nitrogens is 5. The van der Waals surface area contributed by atoms with Gasteiger partial charge in [-0.1, -0.05) is 6.07 Å². The maximum Gasteiger partial charge on any atom is 0.433 e. The minimum absolute atomic E-state index is 0.118. The lowest BCUT2D eigenvalue weighted by Crippen LogP contribution is -2.59. The maximum atomic E-state index is 12.8. The molecule has 3 aromatic rings. The van der Waals surface area contributed by atoms with Crippen molar-refractivity contribution in [3.8, 4) is 0 Å².